The highest BCUT2D eigenvalue weighted by molar-refractivity contribution is 6.44. The number of carbonyl (C=O) groups excluding carboxylic acids is 6. The van der Waals surface area contributed by atoms with Crippen molar-refractivity contribution in [2.75, 3.05) is 13.7 Å². The highest BCUT2D eigenvalue weighted by Gasteiger charge is 2.39. The molecule has 3 aromatic rings. The molecule has 2 aromatic carbocycles. The summed E-state index contributed by atoms with van der Waals surface area (Å²) in [5.41, 5.74) is 0.221. The number of hydrogen-bond donors (Lipinski definition) is 4. The van der Waals surface area contributed by atoms with Gasteiger partial charge in [0.2, 0.25) is 23.5 Å². The number of para-hydroxylation sites is 2. The molecule has 48 heavy (non-hydrogen) atoms. The topological polar surface area (TPSA) is 186 Å². The van der Waals surface area contributed by atoms with Gasteiger partial charge < -0.3 is 30.4 Å². The molecule has 256 valence electrons. The molecule has 0 aliphatic carbocycles. The molecule has 4 amide bonds. The van der Waals surface area contributed by atoms with Crippen LogP contribution in [0.3, 0.4) is 0 Å². The summed E-state index contributed by atoms with van der Waals surface area (Å²) in [6.45, 7) is 9.46. The second-order valence-corrected chi connectivity index (χ2v) is 13.4. The number of ether oxygens (including phenoxy) is 1. The van der Waals surface area contributed by atoms with Crippen molar-refractivity contribution in [1.29, 1.82) is 0 Å². The van der Waals surface area contributed by atoms with Crippen molar-refractivity contribution < 1.29 is 37.9 Å². The first-order valence-corrected chi connectivity index (χ1v) is 16.0. The zero-order valence-electron chi connectivity index (χ0n) is 28.0. The smallest absolute Gasteiger partial charge is 0.285 e. The Labute approximate surface area is 278 Å². The average molecular weight is 662 g/mol. The number of methoxy groups -OCH3 is 1. The van der Waals surface area contributed by atoms with Gasteiger partial charge in [-0.3, -0.25) is 28.8 Å². The van der Waals surface area contributed by atoms with Crippen LogP contribution >= 0.6 is 0 Å². The lowest BCUT2D eigenvalue weighted by Crippen LogP contribution is -2.59. The van der Waals surface area contributed by atoms with Crippen LogP contribution in [0.4, 0.5) is 0 Å². The van der Waals surface area contributed by atoms with Crippen LogP contribution in [-0.4, -0.2) is 72.0 Å². The molecule has 4 N–H and O–H groups in total. The van der Waals surface area contributed by atoms with Crippen LogP contribution in [-0.2, 0) is 19.2 Å². The molecule has 2 unspecified atom stereocenters. The Morgan fingerprint density at radius 2 is 1.69 bits per heavy atom. The first-order chi connectivity index (χ1) is 22.7. The molecule has 0 bridgehead atoms. The molecule has 4 rings (SSSR count). The highest BCUT2D eigenvalue weighted by Crippen LogP contribution is 2.23. The van der Waals surface area contributed by atoms with Crippen molar-refractivity contribution >= 4 is 46.3 Å². The fraction of sp³-hybridized carbons (Fsp3) is 0.457. The SMILES string of the molecule is COc1cccc(C(=O)N[C@H](C(=O)N[C@@H](CC(C)C)C(=O)NC(CC2CCNC2=O)C(=O)C(=O)c2nc3ccccc3o2)C(C)(C)C)c1. The van der Waals surface area contributed by atoms with Gasteiger partial charge in [0.25, 0.3) is 17.6 Å². The maximum Gasteiger partial charge on any atom is 0.285 e. The first-order valence-electron chi connectivity index (χ1n) is 16.0. The standard InChI is InChI=1S/C35H43N5O8/c1-19(2)16-25(38-33(46)29(35(3,4)5)40-31(44)20-10-9-11-22(17-20)47-6)32(45)37-24(18-21-14-15-36-30(21)43)27(41)28(42)34-39-23-12-7-8-13-26(23)48-34/h7-13,17,19,21,24-25,29H,14-16,18H2,1-6H3,(H,36,43)(H,37,45)(H,38,46)(H,40,44)/t21?,24?,25-,29+/m0/s1. The largest absolute Gasteiger partial charge is 0.497 e. The summed E-state index contributed by atoms with van der Waals surface area (Å²) in [5, 5.41) is 10.9. The maximum absolute atomic E-state index is 13.8. The number of benzene rings is 2. The van der Waals surface area contributed by atoms with E-state index < -0.39 is 64.6 Å². The number of hydrogen-bond acceptors (Lipinski definition) is 9. The predicted molar refractivity (Wildman–Crippen MR) is 176 cm³/mol. The Kier molecular flexibility index (Phi) is 11.3. The van der Waals surface area contributed by atoms with Crippen molar-refractivity contribution in [3.63, 3.8) is 0 Å². The van der Waals surface area contributed by atoms with E-state index in [9.17, 15) is 28.8 Å². The molecule has 2 heterocycles. The van der Waals surface area contributed by atoms with E-state index >= 15 is 0 Å². The number of ketones is 2. The summed E-state index contributed by atoms with van der Waals surface area (Å²) in [5.74, 6) is -4.82. The van der Waals surface area contributed by atoms with Crippen LogP contribution in [0.1, 0.15) is 74.9 Å². The quantitative estimate of drug-likeness (QED) is 0.149. The van der Waals surface area contributed by atoms with Gasteiger partial charge in [0.1, 0.15) is 23.3 Å². The minimum atomic E-state index is -1.40. The van der Waals surface area contributed by atoms with E-state index in [4.69, 9.17) is 9.15 Å². The Balaban J connectivity index is 1.56. The van der Waals surface area contributed by atoms with Crippen LogP contribution in [0, 0.1) is 17.3 Å². The molecular formula is C35H43N5O8. The molecule has 1 fully saturated rings. The number of aromatic nitrogens is 1. The molecule has 13 heteroatoms. The van der Waals surface area contributed by atoms with Crippen molar-refractivity contribution in [3.8, 4) is 5.75 Å². The molecule has 1 aliphatic rings. The van der Waals surface area contributed by atoms with Gasteiger partial charge >= 0.3 is 0 Å². The zero-order valence-corrected chi connectivity index (χ0v) is 28.0. The summed E-state index contributed by atoms with van der Waals surface area (Å²) >= 11 is 0. The molecule has 4 atom stereocenters. The van der Waals surface area contributed by atoms with Gasteiger partial charge in [0.05, 0.1) is 13.2 Å². The number of amides is 4. The molecular weight excluding hydrogens is 618 g/mol. The van der Waals surface area contributed by atoms with Crippen LogP contribution < -0.4 is 26.0 Å². The van der Waals surface area contributed by atoms with Crippen molar-refractivity contribution in [2.45, 2.75) is 72.0 Å². The van der Waals surface area contributed by atoms with Gasteiger partial charge in [-0.05, 0) is 60.9 Å². The molecule has 0 radical (unpaired) electrons. The van der Waals surface area contributed by atoms with Gasteiger partial charge in [-0.1, -0.05) is 52.8 Å². The minimum absolute atomic E-state index is 0.0725. The molecule has 0 spiro atoms. The lowest BCUT2D eigenvalue weighted by Gasteiger charge is -2.32. The predicted octanol–water partition coefficient (Wildman–Crippen LogP) is 2.97. The van der Waals surface area contributed by atoms with Crippen molar-refractivity contribution in [1.82, 2.24) is 26.3 Å². The van der Waals surface area contributed by atoms with Crippen LogP contribution in [0.25, 0.3) is 11.1 Å². The summed E-state index contributed by atoms with van der Waals surface area (Å²) in [4.78, 5) is 84.3. The third kappa shape index (κ3) is 8.84. The second-order valence-electron chi connectivity index (χ2n) is 13.4. The second kappa shape index (κ2) is 15.2. The van der Waals surface area contributed by atoms with E-state index in [-0.39, 0.29) is 30.2 Å². The molecule has 1 saturated heterocycles. The molecule has 1 aliphatic heterocycles. The lowest BCUT2D eigenvalue weighted by atomic mass is 9.85. The van der Waals surface area contributed by atoms with Crippen LogP contribution in [0.5, 0.6) is 5.75 Å². The van der Waals surface area contributed by atoms with E-state index in [1.54, 1.807) is 69.3 Å². The van der Waals surface area contributed by atoms with E-state index in [1.165, 1.54) is 7.11 Å². The minimum Gasteiger partial charge on any atom is -0.497 e. The van der Waals surface area contributed by atoms with Crippen LogP contribution in [0.2, 0.25) is 0 Å². The van der Waals surface area contributed by atoms with Crippen LogP contribution in [0.15, 0.2) is 52.9 Å². The van der Waals surface area contributed by atoms with Gasteiger partial charge in [-0.15, -0.1) is 0 Å². The fourth-order valence-electron chi connectivity index (χ4n) is 5.50. The number of rotatable bonds is 14. The first kappa shape index (κ1) is 35.8. The molecule has 13 nitrogen and oxygen atoms in total. The number of Topliss-reactive ketones (excluding diaryl/α,β-unsaturated/α-hetero) is 2. The Hall–Kier alpha value is -5.07. The summed E-state index contributed by atoms with van der Waals surface area (Å²) in [6, 6.07) is 9.54. The average Bonchev–Trinajstić information content (AvgIpc) is 3.66. The number of nitrogens with one attached hydrogen (secondary N) is 4. The summed E-state index contributed by atoms with van der Waals surface area (Å²) < 4.78 is 10.7. The number of oxazole rings is 1. The fourth-order valence-corrected chi connectivity index (χ4v) is 5.50. The summed E-state index contributed by atoms with van der Waals surface area (Å²) in [7, 11) is 1.48. The Bertz CT molecular complexity index is 1660. The van der Waals surface area contributed by atoms with Gasteiger partial charge in [-0.2, -0.15) is 0 Å². The van der Waals surface area contributed by atoms with E-state index in [1.807, 2.05) is 13.8 Å². The van der Waals surface area contributed by atoms with Gasteiger partial charge in [0, 0.05) is 18.0 Å². The molecule has 1 aromatic heterocycles. The van der Waals surface area contributed by atoms with E-state index in [0.29, 0.717) is 29.8 Å². The zero-order chi connectivity index (χ0) is 35.2. The normalized spacial score (nSPS) is 16.5. The number of fused-ring (bicyclic) bond motifs is 1. The van der Waals surface area contributed by atoms with Gasteiger partial charge in [-0.25, -0.2) is 4.98 Å². The highest BCUT2D eigenvalue weighted by atomic mass is 16.5. The Morgan fingerprint density at radius 3 is 2.31 bits per heavy atom. The lowest BCUT2D eigenvalue weighted by molar-refractivity contribution is -0.133. The van der Waals surface area contributed by atoms with E-state index in [0.717, 1.165) is 0 Å². The summed E-state index contributed by atoms with van der Waals surface area (Å²) in [6.07, 6.45) is 0.468. The number of nitrogens with zero attached hydrogens (tertiary/aromatic N) is 1. The van der Waals surface area contributed by atoms with Crippen molar-refractivity contribution in [2.24, 2.45) is 17.3 Å². The van der Waals surface area contributed by atoms with Crippen molar-refractivity contribution in [3.05, 3.63) is 60.0 Å². The Morgan fingerprint density at radius 1 is 0.979 bits per heavy atom. The third-order valence-electron chi connectivity index (χ3n) is 8.10. The third-order valence-corrected chi connectivity index (χ3v) is 8.10. The monoisotopic (exact) mass is 661 g/mol. The van der Waals surface area contributed by atoms with E-state index in [2.05, 4.69) is 26.3 Å². The van der Waals surface area contributed by atoms with Gasteiger partial charge in [0.15, 0.2) is 5.58 Å². The number of carbonyl (C=O) groups is 6. The maximum atomic E-state index is 13.8. The molecule has 0 saturated carbocycles.